The number of amides is 1. The van der Waals surface area contributed by atoms with Gasteiger partial charge in [-0.3, -0.25) is 14.9 Å². The first-order chi connectivity index (χ1) is 6.09. The SMILES string of the molecule is CC(C)NC(=O)c1cncc([O])n1. The van der Waals surface area contributed by atoms with Gasteiger partial charge in [-0.1, -0.05) is 0 Å². The van der Waals surface area contributed by atoms with Gasteiger partial charge in [0, 0.05) is 6.04 Å². The summed E-state index contributed by atoms with van der Waals surface area (Å²) in [5, 5.41) is 13.3. The minimum absolute atomic E-state index is 0.0182. The molecule has 0 aliphatic heterocycles. The summed E-state index contributed by atoms with van der Waals surface area (Å²) in [6.07, 6.45) is 2.32. The van der Waals surface area contributed by atoms with E-state index in [0.717, 1.165) is 6.20 Å². The molecule has 0 aliphatic rings. The maximum Gasteiger partial charge on any atom is 0.288 e. The van der Waals surface area contributed by atoms with Gasteiger partial charge in [0.2, 0.25) is 0 Å². The second kappa shape index (κ2) is 3.84. The molecule has 0 saturated carbocycles. The van der Waals surface area contributed by atoms with Crippen LogP contribution in [-0.2, 0) is 5.11 Å². The van der Waals surface area contributed by atoms with Crippen molar-refractivity contribution in [1.82, 2.24) is 15.3 Å². The largest absolute Gasteiger partial charge is 0.348 e. The molecule has 1 rings (SSSR count). The van der Waals surface area contributed by atoms with Gasteiger partial charge in [0.25, 0.3) is 11.8 Å². The van der Waals surface area contributed by atoms with Crippen molar-refractivity contribution < 1.29 is 9.90 Å². The zero-order chi connectivity index (χ0) is 9.84. The van der Waals surface area contributed by atoms with E-state index in [1.54, 1.807) is 0 Å². The fourth-order valence-electron chi connectivity index (χ4n) is 0.794. The van der Waals surface area contributed by atoms with Crippen LogP contribution in [0.1, 0.15) is 24.3 Å². The summed E-state index contributed by atoms with van der Waals surface area (Å²) in [7, 11) is 0. The van der Waals surface area contributed by atoms with Crippen LogP contribution in [0.2, 0.25) is 0 Å². The number of aromatic nitrogens is 2. The molecule has 1 heterocycles. The Balaban J connectivity index is 2.77. The topological polar surface area (TPSA) is 74.8 Å². The van der Waals surface area contributed by atoms with Crippen LogP contribution < -0.4 is 5.32 Å². The molecule has 1 aromatic rings. The summed E-state index contributed by atoms with van der Waals surface area (Å²) in [5.74, 6) is -0.878. The molecule has 0 fully saturated rings. The Morgan fingerprint density at radius 2 is 2.15 bits per heavy atom. The molecule has 0 unspecified atom stereocenters. The van der Waals surface area contributed by atoms with Crippen LogP contribution in [0.25, 0.3) is 0 Å². The Kier molecular flexibility index (Phi) is 2.79. The maximum absolute atomic E-state index is 11.3. The Labute approximate surface area is 75.8 Å². The van der Waals surface area contributed by atoms with Crippen LogP contribution in [-0.4, -0.2) is 21.9 Å². The lowest BCUT2D eigenvalue weighted by molar-refractivity contribution is 0.0936. The number of nitrogens with zero attached hydrogens (tertiary/aromatic N) is 2. The van der Waals surface area contributed by atoms with Crippen molar-refractivity contribution >= 4 is 5.91 Å². The first-order valence-corrected chi connectivity index (χ1v) is 3.89. The fourth-order valence-corrected chi connectivity index (χ4v) is 0.794. The highest BCUT2D eigenvalue weighted by Gasteiger charge is 2.09. The molecule has 0 saturated heterocycles. The maximum atomic E-state index is 11.3. The minimum Gasteiger partial charge on any atom is -0.348 e. The second-order valence-corrected chi connectivity index (χ2v) is 2.87. The molecule has 1 amide bonds. The molecule has 0 aliphatic carbocycles. The van der Waals surface area contributed by atoms with Crippen molar-refractivity contribution in [2.24, 2.45) is 0 Å². The number of nitrogens with one attached hydrogen (secondary N) is 1. The van der Waals surface area contributed by atoms with Gasteiger partial charge in [-0.2, -0.15) is 0 Å². The molecule has 1 aromatic heterocycles. The van der Waals surface area contributed by atoms with Crippen molar-refractivity contribution in [1.29, 1.82) is 0 Å². The van der Waals surface area contributed by atoms with Crippen LogP contribution in [0.3, 0.4) is 0 Å². The lowest BCUT2D eigenvalue weighted by atomic mass is 10.3. The smallest absolute Gasteiger partial charge is 0.288 e. The zero-order valence-electron chi connectivity index (χ0n) is 7.44. The van der Waals surface area contributed by atoms with Crippen LogP contribution in [0.5, 0.6) is 5.88 Å². The van der Waals surface area contributed by atoms with Crippen molar-refractivity contribution in [3.05, 3.63) is 18.1 Å². The molecular weight excluding hydrogens is 170 g/mol. The third-order valence-corrected chi connectivity index (χ3v) is 1.26. The lowest BCUT2D eigenvalue weighted by Crippen LogP contribution is -2.30. The van der Waals surface area contributed by atoms with Gasteiger partial charge >= 0.3 is 0 Å². The second-order valence-electron chi connectivity index (χ2n) is 2.87. The highest BCUT2D eigenvalue weighted by molar-refractivity contribution is 5.92. The molecule has 5 nitrogen and oxygen atoms in total. The molecular formula is C8H10N3O2. The molecule has 13 heavy (non-hydrogen) atoms. The van der Waals surface area contributed by atoms with E-state index in [1.165, 1.54) is 6.20 Å². The monoisotopic (exact) mass is 180 g/mol. The number of carbonyl (C=O) groups excluding carboxylic acids is 1. The van der Waals surface area contributed by atoms with Gasteiger partial charge in [-0.15, -0.1) is 0 Å². The normalized spacial score (nSPS) is 10.1. The van der Waals surface area contributed by atoms with Gasteiger partial charge in [0.15, 0.2) is 5.69 Å². The van der Waals surface area contributed by atoms with E-state index < -0.39 is 5.88 Å². The predicted molar refractivity (Wildman–Crippen MR) is 44.8 cm³/mol. The van der Waals surface area contributed by atoms with Gasteiger partial charge in [-0.25, -0.2) is 4.98 Å². The molecule has 1 N–H and O–H groups in total. The third kappa shape index (κ3) is 2.70. The van der Waals surface area contributed by atoms with E-state index in [4.69, 9.17) is 0 Å². The van der Waals surface area contributed by atoms with E-state index >= 15 is 0 Å². The van der Waals surface area contributed by atoms with E-state index in [-0.39, 0.29) is 17.6 Å². The summed E-state index contributed by atoms with van der Waals surface area (Å²) in [6, 6.07) is 0.0182. The first-order valence-electron chi connectivity index (χ1n) is 3.89. The molecule has 5 heteroatoms. The first kappa shape index (κ1) is 9.44. The summed E-state index contributed by atoms with van der Waals surface area (Å²) in [6.45, 7) is 3.65. The van der Waals surface area contributed by atoms with Gasteiger partial charge < -0.3 is 5.32 Å². The van der Waals surface area contributed by atoms with Crippen LogP contribution >= 0.6 is 0 Å². The fraction of sp³-hybridized carbons (Fsp3) is 0.375. The molecule has 0 aromatic carbocycles. The van der Waals surface area contributed by atoms with Crippen LogP contribution in [0.15, 0.2) is 12.4 Å². The Morgan fingerprint density at radius 3 is 2.69 bits per heavy atom. The van der Waals surface area contributed by atoms with Crippen molar-refractivity contribution in [3.8, 4) is 5.88 Å². The Bertz CT molecular complexity index is 312. The zero-order valence-corrected chi connectivity index (χ0v) is 7.44. The Morgan fingerprint density at radius 1 is 1.46 bits per heavy atom. The minimum atomic E-state index is -0.503. The standard InChI is InChI=1S/C8H10N3O2/c1-5(2)10-8(13)6-3-9-4-7(12)11-6/h3-5H,1-2H3,(H,10,13). The van der Waals surface area contributed by atoms with Gasteiger partial charge in [-0.05, 0) is 13.8 Å². The third-order valence-electron chi connectivity index (χ3n) is 1.26. The average molecular weight is 180 g/mol. The lowest BCUT2D eigenvalue weighted by Gasteiger charge is -2.06. The summed E-state index contributed by atoms with van der Waals surface area (Å²) >= 11 is 0. The van der Waals surface area contributed by atoms with E-state index in [2.05, 4.69) is 15.3 Å². The molecule has 69 valence electrons. The van der Waals surface area contributed by atoms with Gasteiger partial charge in [0.1, 0.15) is 0 Å². The molecule has 0 bridgehead atoms. The van der Waals surface area contributed by atoms with Gasteiger partial charge in [0.05, 0.1) is 12.4 Å². The van der Waals surface area contributed by atoms with E-state index in [9.17, 15) is 9.90 Å². The summed E-state index contributed by atoms with van der Waals surface area (Å²) in [5.41, 5.74) is 0.0567. The summed E-state index contributed by atoms with van der Waals surface area (Å²) in [4.78, 5) is 18.3. The van der Waals surface area contributed by atoms with E-state index in [0.29, 0.717) is 0 Å². The average Bonchev–Trinajstić information content (AvgIpc) is 2.03. The predicted octanol–water partition coefficient (Wildman–Crippen LogP) is 0.759. The highest BCUT2D eigenvalue weighted by atomic mass is 16.3. The number of carbonyl (C=O) groups is 1. The van der Waals surface area contributed by atoms with Crippen LogP contribution in [0.4, 0.5) is 0 Å². The van der Waals surface area contributed by atoms with Crippen molar-refractivity contribution in [2.45, 2.75) is 19.9 Å². The van der Waals surface area contributed by atoms with Crippen LogP contribution in [0, 0.1) is 0 Å². The quantitative estimate of drug-likeness (QED) is 0.730. The molecule has 1 radical (unpaired) electrons. The Hall–Kier alpha value is -1.65. The number of hydrogen-bond donors (Lipinski definition) is 1. The number of hydrogen-bond acceptors (Lipinski definition) is 3. The number of rotatable bonds is 2. The molecule has 0 spiro atoms. The van der Waals surface area contributed by atoms with E-state index in [1.807, 2.05) is 13.8 Å². The molecule has 0 atom stereocenters. The van der Waals surface area contributed by atoms with Crippen molar-refractivity contribution in [2.75, 3.05) is 0 Å². The highest BCUT2D eigenvalue weighted by Crippen LogP contribution is 2.02. The van der Waals surface area contributed by atoms with Crippen molar-refractivity contribution in [3.63, 3.8) is 0 Å². The summed E-state index contributed by atoms with van der Waals surface area (Å²) < 4.78 is 0.